The Bertz CT molecular complexity index is 152. The van der Waals surface area contributed by atoms with Crippen molar-refractivity contribution < 1.29 is 51.0 Å². The van der Waals surface area contributed by atoms with Crippen LogP contribution < -0.4 is 35.2 Å². The quantitative estimate of drug-likeness (QED) is 0.462. The van der Waals surface area contributed by atoms with Gasteiger partial charge in [0.05, 0.1) is 0 Å². The third-order valence-electron chi connectivity index (χ3n) is 0.400. The molecule has 10 nitrogen and oxygen atoms in total. The topological polar surface area (TPSA) is 131 Å². The Morgan fingerprint density at radius 1 is 0.538 bits per heavy atom. The molecular weight excluding hydrogens is 302 g/mol. The Morgan fingerprint density at radius 3 is 0.846 bits per heavy atom. The summed E-state index contributed by atoms with van der Waals surface area (Å²) in [7, 11) is 0. The van der Waals surface area contributed by atoms with E-state index in [-0.39, 0.29) is 51.0 Å². The van der Waals surface area contributed by atoms with E-state index in [0.717, 1.165) is 0 Å². The number of hydrogen-bond acceptors (Lipinski definition) is 8. The van der Waals surface area contributed by atoms with E-state index >= 15 is 0 Å². The molecule has 0 amide bonds. The molecule has 2 heterocycles. The summed E-state index contributed by atoms with van der Waals surface area (Å²) >= 11 is 0. The van der Waals surface area contributed by atoms with Crippen molar-refractivity contribution in [1.82, 2.24) is 52.1 Å². The van der Waals surface area contributed by atoms with Crippen molar-refractivity contribution in [3.63, 3.8) is 0 Å². The first-order valence-corrected chi connectivity index (χ1v) is 2.00. The van der Waals surface area contributed by atoms with E-state index in [4.69, 9.17) is 0 Å². The van der Waals surface area contributed by atoms with Crippen LogP contribution in [-0.2, 0) is 26.2 Å². The molecule has 2 rings (SSSR count). The molecule has 0 atom stereocenters. The predicted molar refractivity (Wildman–Crippen MR) is 21.9 cm³/mol. The van der Waals surface area contributed by atoms with Gasteiger partial charge in [0.2, 0.25) is 0 Å². The second kappa shape index (κ2) is 14.0. The molecule has 0 saturated heterocycles. The summed E-state index contributed by atoms with van der Waals surface area (Å²) in [6, 6.07) is 0. The third-order valence-corrected chi connectivity index (χ3v) is 0.400. The van der Waals surface area contributed by atoms with Crippen LogP contribution in [0.5, 0.6) is 0 Å². The van der Waals surface area contributed by atoms with Crippen LogP contribution in [0, 0.1) is 0 Å². The fraction of sp³-hybridized carbons (Fsp3) is 0. The van der Waals surface area contributed by atoms with Crippen LogP contribution in [0.2, 0.25) is 0 Å². The van der Waals surface area contributed by atoms with Crippen LogP contribution in [0.4, 0.5) is 0 Å². The van der Waals surface area contributed by atoms with Crippen LogP contribution in [0.1, 0.15) is 0 Å². The van der Waals surface area contributed by atoms with Crippen LogP contribution in [0.25, 0.3) is 0 Å². The number of aromatic nitrogens is 10. The van der Waals surface area contributed by atoms with Gasteiger partial charge in [0.1, 0.15) is 0 Å². The van der Waals surface area contributed by atoms with Crippen molar-refractivity contribution in [1.29, 1.82) is 0 Å². The molecule has 0 aliphatic heterocycles. The average molecular weight is 302 g/mol. The minimum Gasteiger partial charge on any atom is -1.00 e. The standard InChI is InChI=1S/2ClH.2N5.Zr/c;;2*1-2-4-5-3-1;/h2*1H;;;/q;;2*-1;+4/p-2. The van der Waals surface area contributed by atoms with Gasteiger partial charge in [-0.25, -0.2) is 20.9 Å². The van der Waals surface area contributed by atoms with Gasteiger partial charge in [0.25, 0.3) is 0 Å². The van der Waals surface area contributed by atoms with Gasteiger partial charge in [0.15, 0.2) is 0 Å². The van der Waals surface area contributed by atoms with Crippen molar-refractivity contribution in [2.75, 3.05) is 0 Å². The van der Waals surface area contributed by atoms with Gasteiger partial charge in [-0.2, -0.15) is 31.3 Å². The maximum atomic E-state index is 3.00. The minimum absolute atomic E-state index is 0. The third kappa shape index (κ3) is 11.5. The van der Waals surface area contributed by atoms with Crippen molar-refractivity contribution in [3.05, 3.63) is 0 Å². The van der Waals surface area contributed by atoms with Crippen molar-refractivity contribution in [3.8, 4) is 0 Å². The molecule has 0 bridgehead atoms. The first kappa shape index (κ1) is 18.3. The molecule has 0 fully saturated rings. The summed E-state index contributed by atoms with van der Waals surface area (Å²) in [6.45, 7) is 0. The monoisotopic (exact) mass is 300 g/mol. The van der Waals surface area contributed by atoms with E-state index in [1.54, 1.807) is 0 Å². The Kier molecular flexibility index (Phi) is 19.7. The fourth-order valence-corrected chi connectivity index (χ4v) is 0.179. The SMILES string of the molecule is [Cl-].[Cl-].[Zr+4].n1nn[n-]n1.n1nn[n-]n1. The molecule has 0 unspecified atom stereocenters. The summed E-state index contributed by atoms with van der Waals surface area (Å²) in [5, 5.41) is 30.0. The Hall–Kier alpha value is -0.537. The maximum Gasteiger partial charge on any atom is 4.00 e. The second-order valence-electron chi connectivity index (χ2n) is 0.894. The zero-order valence-electron chi connectivity index (χ0n) is 5.73. The summed E-state index contributed by atoms with van der Waals surface area (Å²) in [5.74, 6) is 0. The van der Waals surface area contributed by atoms with Crippen molar-refractivity contribution in [2.24, 2.45) is 0 Å². The van der Waals surface area contributed by atoms with E-state index in [2.05, 4.69) is 52.1 Å². The van der Waals surface area contributed by atoms with Gasteiger partial charge < -0.3 is 24.8 Å². The van der Waals surface area contributed by atoms with Gasteiger partial charge in [-0.3, -0.25) is 0 Å². The first-order chi connectivity index (χ1) is 5.00. The van der Waals surface area contributed by atoms with Crippen LogP contribution in [0.15, 0.2) is 0 Å². The van der Waals surface area contributed by atoms with E-state index in [9.17, 15) is 0 Å². The van der Waals surface area contributed by atoms with E-state index < -0.39 is 0 Å². The summed E-state index contributed by atoms with van der Waals surface area (Å²) in [5.41, 5.74) is 0. The Balaban J connectivity index is -0.000000125. The minimum atomic E-state index is 0. The molecule has 0 saturated carbocycles. The predicted octanol–water partition coefficient (Wildman–Crippen LogP) is -9.55. The summed E-state index contributed by atoms with van der Waals surface area (Å²) in [6.07, 6.45) is 0. The second-order valence-corrected chi connectivity index (χ2v) is 0.894. The fourth-order valence-electron chi connectivity index (χ4n) is 0.179. The molecule has 2 aromatic rings. The van der Waals surface area contributed by atoms with Gasteiger partial charge in [-0.1, -0.05) is 0 Å². The molecule has 0 N–H and O–H groups in total. The van der Waals surface area contributed by atoms with Gasteiger partial charge in [0, 0.05) is 0 Å². The molecule has 0 radical (unpaired) electrons. The molecule has 0 aliphatic rings. The molecule has 0 aromatic carbocycles. The van der Waals surface area contributed by atoms with E-state index in [1.165, 1.54) is 0 Å². The van der Waals surface area contributed by atoms with Crippen LogP contribution in [0.3, 0.4) is 0 Å². The molecule has 2 aromatic heterocycles. The molecular formula is Cl2N10Zr. The summed E-state index contributed by atoms with van der Waals surface area (Å²) < 4.78 is 0. The maximum absolute atomic E-state index is 3.00. The zero-order chi connectivity index (χ0) is 7.07. The van der Waals surface area contributed by atoms with Crippen molar-refractivity contribution in [2.45, 2.75) is 0 Å². The number of nitrogens with zero attached hydrogens (tertiary/aromatic N) is 10. The van der Waals surface area contributed by atoms with Crippen LogP contribution >= 0.6 is 0 Å². The van der Waals surface area contributed by atoms with E-state index in [0.29, 0.717) is 0 Å². The smallest absolute Gasteiger partial charge is 1.00 e. The molecule has 0 aliphatic carbocycles. The summed E-state index contributed by atoms with van der Waals surface area (Å²) in [4.78, 5) is 0. The van der Waals surface area contributed by atoms with Gasteiger partial charge in [-0.15, -0.1) is 0 Å². The van der Waals surface area contributed by atoms with Gasteiger partial charge >= 0.3 is 26.2 Å². The Labute approximate surface area is 103 Å². The average Bonchev–Trinajstić information content (AvgIpc) is 2.67. The number of hydrogen-bond donors (Lipinski definition) is 0. The Morgan fingerprint density at radius 2 is 0.769 bits per heavy atom. The van der Waals surface area contributed by atoms with Gasteiger partial charge in [-0.05, 0) is 0 Å². The molecule has 0 spiro atoms. The normalized spacial score (nSPS) is 6.15. The zero-order valence-corrected chi connectivity index (χ0v) is 9.70. The van der Waals surface area contributed by atoms with Crippen LogP contribution in [-0.4, -0.2) is 41.7 Å². The van der Waals surface area contributed by atoms with E-state index in [1.807, 2.05) is 0 Å². The molecule has 68 valence electrons. The number of rotatable bonds is 0. The van der Waals surface area contributed by atoms with Crippen molar-refractivity contribution >= 4 is 0 Å². The number of halogens is 2. The largest absolute Gasteiger partial charge is 4.00 e. The molecule has 13 heteroatoms. The molecule has 13 heavy (non-hydrogen) atoms. The first-order valence-electron chi connectivity index (χ1n) is 2.00.